The summed E-state index contributed by atoms with van der Waals surface area (Å²) in [5, 5.41) is 24.3. The van der Waals surface area contributed by atoms with Gasteiger partial charge in [-0.15, -0.1) is 10.2 Å². The second kappa shape index (κ2) is 8.06. The first-order valence-corrected chi connectivity index (χ1v) is 11.1. The summed E-state index contributed by atoms with van der Waals surface area (Å²) in [6.45, 7) is 0. The lowest BCUT2D eigenvalue weighted by atomic mass is 9.87. The van der Waals surface area contributed by atoms with Crippen LogP contribution in [0.5, 0.6) is 0 Å². The van der Waals surface area contributed by atoms with Crippen LogP contribution in [0.25, 0.3) is 27.4 Å². The van der Waals surface area contributed by atoms with Crippen LogP contribution < -0.4 is 11.1 Å². The van der Waals surface area contributed by atoms with E-state index in [1.807, 2.05) is 36.1 Å². The SMILES string of the molecule is CNc1cc(-n2ccc3c(C#N)ccnc32)ncc1-c1nnc(C2CCC(N)CC2)s1. The van der Waals surface area contributed by atoms with Gasteiger partial charge < -0.3 is 11.1 Å². The van der Waals surface area contributed by atoms with Crippen molar-refractivity contribution in [3.05, 3.63) is 47.4 Å². The molecule has 0 radical (unpaired) electrons. The molecular weight excluding hydrogens is 408 g/mol. The molecule has 0 aliphatic heterocycles. The van der Waals surface area contributed by atoms with E-state index in [0.717, 1.165) is 58.2 Å². The van der Waals surface area contributed by atoms with Gasteiger partial charge in [0.1, 0.15) is 16.5 Å². The molecule has 0 aromatic carbocycles. The molecule has 1 saturated carbocycles. The predicted octanol–water partition coefficient (Wildman–Crippen LogP) is 3.84. The molecule has 4 aromatic rings. The number of aromatic nitrogens is 5. The molecule has 0 bridgehead atoms. The second-order valence-corrected chi connectivity index (χ2v) is 8.80. The van der Waals surface area contributed by atoms with Crippen molar-refractivity contribution < 1.29 is 0 Å². The molecule has 31 heavy (non-hydrogen) atoms. The van der Waals surface area contributed by atoms with Crippen molar-refractivity contribution in [2.75, 3.05) is 12.4 Å². The monoisotopic (exact) mass is 430 g/mol. The third-order valence-corrected chi connectivity index (χ3v) is 7.02. The number of hydrogen-bond acceptors (Lipinski definition) is 8. The Bertz CT molecular complexity index is 1280. The summed E-state index contributed by atoms with van der Waals surface area (Å²) in [5.41, 5.74) is 9.18. The summed E-state index contributed by atoms with van der Waals surface area (Å²) >= 11 is 1.64. The van der Waals surface area contributed by atoms with Gasteiger partial charge in [0, 0.05) is 54.7 Å². The zero-order valence-electron chi connectivity index (χ0n) is 17.1. The van der Waals surface area contributed by atoms with Gasteiger partial charge in [0.25, 0.3) is 0 Å². The summed E-state index contributed by atoms with van der Waals surface area (Å²) < 4.78 is 1.89. The molecule has 156 valence electrons. The zero-order chi connectivity index (χ0) is 21.4. The quantitative estimate of drug-likeness (QED) is 0.505. The number of hydrogen-bond donors (Lipinski definition) is 2. The van der Waals surface area contributed by atoms with E-state index in [1.54, 1.807) is 23.6 Å². The van der Waals surface area contributed by atoms with E-state index in [1.165, 1.54) is 0 Å². The van der Waals surface area contributed by atoms with Crippen LogP contribution in [0.15, 0.2) is 36.8 Å². The molecule has 1 aliphatic carbocycles. The molecule has 4 aromatic heterocycles. The molecule has 0 spiro atoms. The standard InChI is InChI=1S/C22H22N8S/c1-25-18-10-19(30-9-7-16-14(11-23)6-8-26-20(16)30)27-12-17(18)22-29-28-21(31-22)13-2-4-15(24)5-3-13/h6-10,12-13,15H,2-5,24H2,1H3,(H,25,27). The van der Waals surface area contributed by atoms with Gasteiger partial charge in [0.05, 0.1) is 17.2 Å². The van der Waals surface area contributed by atoms with Crippen LogP contribution in [0.1, 0.15) is 42.2 Å². The topological polar surface area (TPSA) is 118 Å². The highest BCUT2D eigenvalue weighted by molar-refractivity contribution is 7.14. The van der Waals surface area contributed by atoms with Gasteiger partial charge in [-0.05, 0) is 37.8 Å². The van der Waals surface area contributed by atoms with Gasteiger partial charge in [-0.2, -0.15) is 5.26 Å². The van der Waals surface area contributed by atoms with E-state index < -0.39 is 0 Å². The Kier molecular flexibility index (Phi) is 5.10. The van der Waals surface area contributed by atoms with Gasteiger partial charge in [0.15, 0.2) is 5.01 Å². The lowest BCUT2D eigenvalue weighted by molar-refractivity contribution is 0.393. The molecular formula is C22H22N8S. The highest BCUT2D eigenvalue weighted by Crippen LogP contribution is 2.38. The van der Waals surface area contributed by atoms with Crippen LogP contribution in [-0.2, 0) is 0 Å². The number of nitrogens with two attached hydrogens (primary N) is 1. The van der Waals surface area contributed by atoms with Crippen LogP contribution in [0.2, 0.25) is 0 Å². The van der Waals surface area contributed by atoms with Gasteiger partial charge in [0.2, 0.25) is 0 Å². The first kappa shape index (κ1) is 19.6. The Morgan fingerprint density at radius 1 is 1.19 bits per heavy atom. The van der Waals surface area contributed by atoms with E-state index >= 15 is 0 Å². The number of anilines is 1. The average Bonchev–Trinajstić information content (AvgIpc) is 3.46. The number of rotatable bonds is 4. The normalized spacial score (nSPS) is 18.7. The van der Waals surface area contributed by atoms with E-state index in [9.17, 15) is 5.26 Å². The minimum Gasteiger partial charge on any atom is -0.387 e. The van der Waals surface area contributed by atoms with E-state index in [2.05, 4.69) is 31.6 Å². The minimum absolute atomic E-state index is 0.319. The number of nitrogens with one attached hydrogen (secondary N) is 1. The minimum atomic E-state index is 0.319. The molecule has 0 amide bonds. The Labute approximate surface area is 183 Å². The molecule has 4 heterocycles. The van der Waals surface area contributed by atoms with Gasteiger partial charge in [-0.25, -0.2) is 9.97 Å². The molecule has 0 saturated heterocycles. The van der Waals surface area contributed by atoms with Crippen molar-refractivity contribution in [2.45, 2.75) is 37.6 Å². The van der Waals surface area contributed by atoms with Gasteiger partial charge >= 0.3 is 0 Å². The summed E-state index contributed by atoms with van der Waals surface area (Å²) in [4.78, 5) is 9.11. The van der Waals surface area contributed by atoms with Crippen molar-refractivity contribution in [3.63, 3.8) is 0 Å². The highest BCUT2D eigenvalue weighted by atomic mass is 32.1. The van der Waals surface area contributed by atoms with Gasteiger partial charge in [-0.3, -0.25) is 4.57 Å². The molecule has 1 fully saturated rings. The number of nitriles is 1. The molecule has 0 unspecified atom stereocenters. The van der Waals surface area contributed by atoms with Crippen LogP contribution >= 0.6 is 11.3 Å². The molecule has 3 N–H and O–H groups in total. The van der Waals surface area contributed by atoms with Crippen LogP contribution in [-0.4, -0.2) is 37.8 Å². The van der Waals surface area contributed by atoms with E-state index in [-0.39, 0.29) is 0 Å². The van der Waals surface area contributed by atoms with Crippen molar-refractivity contribution in [1.29, 1.82) is 5.26 Å². The zero-order valence-corrected chi connectivity index (χ0v) is 17.9. The average molecular weight is 431 g/mol. The second-order valence-electron chi connectivity index (χ2n) is 7.79. The van der Waals surface area contributed by atoms with Crippen molar-refractivity contribution in [3.8, 4) is 22.5 Å². The van der Waals surface area contributed by atoms with E-state index in [4.69, 9.17) is 5.73 Å². The van der Waals surface area contributed by atoms with Crippen LogP contribution in [0.3, 0.4) is 0 Å². The lowest BCUT2D eigenvalue weighted by Crippen LogP contribution is -2.25. The first-order valence-electron chi connectivity index (χ1n) is 10.3. The first-order chi connectivity index (χ1) is 15.2. The molecule has 1 aliphatic rings. The van der Waals surface area contributed by atoms with Crippen molar-refractivity contribution in [1.82, 2.24) is 24.7 Å². The summed E-state index contributed by atoms with van der Waals surface area (Å²) in [6, 6.07) is 8.11. The Balaban J connectivity index is 1.49. The Morgan fingerprint density at radius 3 is 2.81 bits per heavy atom. The fourth-order valence-electron chi connectivity index (χ4n) is 4.15. The third-order valence-electron chi connectivity index (χ3n) is 5.91. The van der Waals surface area contributed by atoms with Crippen molar-refractivity contribution >= 4 is 28.1 Å². The van der Waals surface area contributed by atoms with Crippen LogP contribution in [0.4, 0.5) is 5.69 Å². The number of fused-ring (bicyclic) bond motifs is 1. The highest BCUT2D eigenvalue weighted by Gasteiger charge is 2.24. The lowest BCUT2D eigenvalue weighted by Gasteiger charge is -2.23. The molecule has 5 rings (SSSR count). The summed E-state index contributed by atoms with van der Waals surface area (Å²) in [5.74, 6) is 1.17. The van der Waals surface area contributed by atoms with E-state index in [0.29, 0.717) is 23.2 Å². The molecule has 8 nitrogen and oxygen atoms in total. The van der Waals surface area contributed by atoms with Gasteiger partial charge in [-0.1, -0.05) is 11.3 Å². The third kappa shape index (κ3) is 3.54. The summed E-state index contributed by atoms with van der Waals surface area (Å²) in [6.07, 6.45) is 9.59. The fourth-order valence-corrected chi connectivity index (χ4v) is 5.18. The predicted molar refractivity (Wildman–Crippen MR) is 121 cm³/mol. The van der Waals surface area contributed by atoms with Crippen LogP contribution in [0, 0.1) is 11.3 Å². The summed E-state index contributed by atoms with van der Waals surface area (Å²) in [7, 11) is 1.88. The largest absolute Gasteiger partial charge is 0.387 e. The number of pyridine rings is 2. The number of nitrogens with zero attached hydrogens (tertiary/aromatic N) is 6. The maximum Gasteiger partial charge on any atom is 0.151 e. The molecule has 0 atom stereocenters. The fraction of sp³-hybridized carbons (Fsp3) is 0.318. The molecule has 9 heteroatoms. The Morgan fingerprint density at radius 2 is 2.03 bits per heavy atom. The smallest absolute Gasteiger partial charge is 0.151 e. The van der Waals surface area contributed by atoms with Crippen molar-refractivity contribution in [2.24, 2.45) is 5.73 Å². The maximum absolute atomic E-state index is 9.34. The maximum atomic E-state index is 9.34. The Hall–Kier alpha value is -3.35.